The molecule has 1 aromatic heterocycles. The van der Waals surface area contributed by atoms with E-state index in [1.807, 2.05) is 11.3 Å². The number of hydrogen-bond acceptors (Lipinski definition) is 0. The molecule has 0 saturated carbocycles. The van der Waals surface area contributed by atoms with Crippen molar-refractivity contribution < 1.29 is 0 Å². The lowest BCUT2D eigenvalue weighted by molar-refractivity contribution is 0.522. The van der Waals surface area contributed by atoms with Gasteiger partial charge in [-0.3, -0.25) is 0 Å². The predicted octanol–water partition coefficient (Wildman–Crippen LogP) is 12.7. The number of benzene rings is 2. The Morgan fingerprint density at radius 1 is 0.417 bits per heavy atom. The molecule has 0 atom stereocenters. The van der Waals surface area contributed by atoms with Crippen molar-refractivity contribution in [2.24, 2.45) is 0 Å². The molecule has 3 aromatic rings. The summed E-state index contributed by atoms with van der Waals surface area (Å²) >= 11 is 1.93. The largest absolute Gasteiger partial charge is 0.239 e. The van der Waals surface area contributed by atoms with Gasteiger partial charge in [-0.25, -0.2) is 0 Å². The Morgan fingerprint density at radius 2 is 0.750 bits per heavy atom. The Hall–Kier alpha value is -1.47. The van der Waals surface area contributed by atoms with Gasteiger partial charge in [-0.15, -0.1) is 0 Å². The van der Waals surface area contributed by atoms with E-state index < -0.39 is 0 Å². The van der Waals surface area contributed by atoms with E-state index >= 15 is 0 Å². The van der Waals surface area contributed by atoms with Crippen molar-refractivity contribution >= 4 is 31.5 Å². The van der Waals surface area contributed by atoms with E-state index in [-0.39, 0.29) is 0 Å². The topological polar surface area (TPSA) is 0 Å². The Kier molecular flexibility index (Phi) is 15.1. The fraction of sp³-hybridized carbons (Fsp3) is 0.629. The molecular weight excluding hydrogens is 452 g/mol. The minimum Gasteiger partial charge on any atom is -0.0654 e. The van der Waals surface area contributed by atoms with Crippen molar-refractivity contribution in [3.8, 4) is 0 Å². The molecule has 0 saturated heterocycles. The second kappa shape index (κ2) is 18.7. The van der Waals surface area contributed by atoms with E-state index in [1.54, 1.807) is 5.56 Å². The lowest BCUT2D eigenvalue weighted by Gasteiger charge is -2.06. The first-order chi connectivity index (χ1) is 17.9. The summed E-state index contributed by atoms with van der Waals surface area (Å²) in [6.45, 7) is 2.30. The molecule has 0 aliphatic carbocycles. The monoisotopic (exact) mass is 505 g/mol. The molecule has 36 heavy (non-hydrogen) atoms. The standard InChI is InChI=1S/C35H53S/c1-2-3-4-5-6-7-8-9-10-11-12-13-14-15-16-17-18-19-20-21-26-31-32-27-22-24-29-34(32)36-35-30-25-23-28-33(31)35/h22-25,27-30H,2-21,26H2,1H3/q+1. The van der Waals surface area contributed by atoms with Crippen LogP contribution in [0, 0.1) is 0 Å². The lowest BCUT2D eigenvalue weighted by atomic mass is 9.99. The molecule has 0 aliphatic heterocycles. The first-order valence-electron chi connectivity index (χ1n) is 15.6. The van der Waals surface area contributed by atoms with Crippen molar-refractivity contribution in [3.63, 3.8) is 0 Å². The van der Waals surface area contributed by atoms with Gasteiger partial charge in [0.15, 0.2) is 0 Å². The minimum atomic E-state index is 1.22. The van der Waals surface area contributed by atoms with Gasteiger partial charge in [0.1, 0.15) is 0 Å². The van der Waals surface area contributed by atoms with Gasteiger partial charge in [0.05, 0.1) is 0 Å². The zero-order valence-electron chi connectivity index (χ0n) is 23.4. The summed E-state index contributed by atoms with van der Waals surface area (Å²) < 4.78 is 2.86. The maximum absolute atomic E-state index is 2.32. The molecule has 0 aliphatic rings. The van der Waals surface area contributed by atoms with E-state index in [2.05, 4.69) is 55.5 Å². The third-order valence-electron chi connectivity index (χ3n) is 7.92. The Balaban J connectivity index is 1.15. The first kappa shape index (κ1) is 29.1. The van der Waals surface area contributed by atoms with Gasteiger partial charge < -0.3 is 0 Å². The van der Waals surface area contributed by atoms with Crippen molar-refractivity contribution in [1.82, 2.24) is 0 Å². The zero-order chi connectivity index (χ0) is 25.1. The molecule has 3 rings (SSSR count). The molecule has 0 spiro atoms. The molecular formula is C35H53S+. The number of unbranched alkanes of at least 4 members (excludes halogenated alkanes) is 19. The summed E-state index contributed by atoms with van der Waals surface area (Å²) in [6, 6.07) is 18.0. The van der Waals surface area contributed by atoms with Crippen LogP contribution in [0.1, 0.15) is 141 Å². The van der Waals surface area contributed by atoms with Crippen LogP contribution in [0.15, 0.2) is 48.5 Å². The van der Waals surface area contributed by atoms with Gasteiger partial charge in [-0.1, -0.05) is 153 Å². The third kappa shape index (κ3) is 10.9. The maximum Gasteiger partial charge on any atom is 0.239 e. The highest BCUT2D eigenvalue weighted by Crippen LogP contribution is 2.33. The zero-order valence-corrected chi connectivity index (χ0v) is 24.2. The molecule has 1 heteroatoms. The second-order valence-corrected chi connectivity index (χ2v) is 12.1. The van der Waals surface area contributed by atoms with Crippen LogP contribution in [0.3, 0.4) is 0 Å². The molecule has 0 bridgehead atoms. The van der Waals surface area contributed by atoms with Crippen LogP contribution < -0.4 is 0 Å². The van der Waals surface area contributed by atoms with Gasteiger partial charge in [-0.05, 0) is 30.5 Å². The number of fused-ring (bicyclic) bond motifs is 2. The van der Waals surface area contributed by atoms with Crippen LogP contribution in [-0.4, -0.2) is 0 Å². The van der Waals surface area contributed by atoms with E-state index in [1.165, 1.54) is 155 Å². The molecule has 0 unspecified atom stereocenters. The molecule has 0 fully saturated rings. The third-order valence-corrected chi connectivity index (χ3v) is 9.08. The van der Waals surface area contributed by atoms with Gasteiger partial charge in [0, 0.05) is 22.9 Å². The van der Waals surface area contributed by atoms with Crippen LogP contribution in [0.4, 0.5) is 0 Å². The molecule has 2 aromatic carbocycles. The Morgan fingerprint density at radius 3 is 1.14 bits per heavy atom. The number of rotatable bonds is 21. The number of aryl methyl sites for hydroxylation is 1. The molecule has 198 valence electrons. The number of hydrogen-bond donors (Lipinski definition) is 0. The average molecular weight is 506 g/mol. The van der Waals surface area contributed by atoms with Gasteiger partial charge in [0.25, 0.3) is 0 Å². The molecule has 0 N–H and O–H groups in total. The van der Waals surface area contributed by atoms with Gasteiger partial charge in [0.2, 0.25) is 20.7 Å². The summed E-state index contributed by atoms with van der Waals surface area (Å²) in [5, 5.41) is 2.94. The van der Waals surface area contributed by atoms with E-state index in [9.17, 15) is 0 Å². The van der Waals surface area contributed by atoms with Crippen LogP contribution >= 0.6 is 11.3 Å². The predicted molar refractivity (Wildman–Crippen MR) is 165 cm³/mol. The maximum atomic E-state index is 2.32. The summed E-state index contributed by atoms with van der Waals surface area (Å²) in [5.74, 6) is 0. The van der Waals surface area contributed by atoms with E-state index in [0.29, 0.717) is 0 Å². The Labute approximate surface area is 226 Å². The fourth-order valence-electron chi connectivity index (χ4n) is 5.70. The highest BCUT2D eigenvalue weighted by atomic mass is 32.1. The quantitative estimate of drug-likeness (QED) is 0.0767. The summed E-state index contributed by atoms with van der Waals surface area (Å²) in [6.07, 6.45) is 30.1. The Bertz CT molecular complexity index is 905. The second-order valence-electron chi connectivity index (χ2n) is 11.0. The molecule has 1 heterocycles. The van der Waals surface area contributed by atoms with Crippen LogP contribution in [0.2, 0.25) is 0 Å². The van der Waals surface area contributed by atoms with Crippen LogP contribution in [-0.2, 0) is 6.42 Å². The molecule has 0 radical (unpaired) electrons. The fourth-order valence-corrected chi connectivity index (χ4v) is 6.83. The smallest absolute Gasteiger partial charge is 0.0654 e. The highest BCUT2D eigenvalue weighted by Gasteiger charge is 2.16. The van der Waals surface area contributed by atoms with Gasteiger partial charge >= 0.3 is 0 Å². The highest BCUT2D eigenvalue weighted by molar-refractivity contribution is 7.24. The van der Waals surface area contributed by atoms with Crippen LogP contribution in [0.25, 0.3) is 20.2 Å². The van der Waals surface area contributed by atoms with Crippen molar-refractivity contribution in [2.45, 2.75) is 142 Å². The molecule has 0 amide bonds. The van der Waals surface area contributed by atoms with Crippen LogP contribution in [0.5, 0.6) is 0 Å². The lowest BCUT2D eigenvalue weighted by Crippen LogP contribution is -1.90. The summed E-state index contributed by atoms with van der Waals surface area (Å²) in [5.41, 5.74) is 1.57. The minimum absolute atomic E-state index is 1.22. The molecule has 0 nitrogen and oxygen atoms in total. The van der Waals surface area contributed by atoms with E-state index in [0.717, 1.165) is 0 Å². The average Bonchev–Trinajstić information content (AvgIpc) is 2.91. The van der Waals surface area contributed by atoms with Crippen molar-refractivity contribution in [3.05, 3.63) is 54.1 Å². The van der Waals surface area contributed by atoms with Crippen molar-refractivity contribution in [2.75, 3.05) is 0 Å². The SMILES string of the molecule is CCCCCCCCCCCCCCCCCCCCCCc1c2ccccc2[s+]c2ccccc12. The normalized spacial score (nSPS) is 11.6. The first-order valence-corrected chi connectivity index (χ1v) is 16.4. The van der Waals surface area contributed by atoms with Gasteiger partial charge in [-0.2, -0.15) is 0 Å². The van der Waals surface area contributed by atoms with Crippen molar-refractivity contribution in [1.29, 1.82) is 0 Å². The van der Waals surface area contributed by atoms with E-state index in [4.69, 9.17) is 0 Å². The summed E-state index contributed by atoms with van der Waals surface area (Å²) in [7, 11) is 0. The summed E-state index contributed by atoms with van der Waals surface area (Å²) in [4.78, 5) is 0.